The van der Waals surface area contributed by atoms with Gasteiger partial charge in [-0.25, -0.2) is 49.8 Å². The highest BCUT2D eigenvalue weighted by Gasteiger charge is 2.35. The van der Waals surface area contributed by atoms with Gasteiger partial charge >= 0.3 is 0 Å². The fourth-order valence-corrected chi connectivity index (χ4v) is 22.7. The molecule has 5 unspecified atom stereocenters. The molecule has 1 saturated carbocycles. The fourth-order valence-electron chi connectivity index (χ4n) is 21.9. The number of H-pyrrole nitrogens is 1. The van der Waals surface area contributed by atoms with Crippen molar-refractivity contribution in [1.29, 1.82) is 0 Å². The molecule has 5 atom stereocenters. The largest absolute Gasteiger partial charge is 0.383 e. The third-order valence-electron chi connectivity index (χ3n) is 29.6. The molecule has 6 N–H and O–H groups in total. The van der Waals surface area contributed by atoms with E-state index in [1.807, 2.05) is 96.5 Å². The Bertz CT molecular complexity index is 7420. The number of nitrogens with zero attached hydrogens (tertiary/aromatic N) is 11. The van der Waals surface area contributed by atoms with E-state index in [9.17, 15) is 4.79 Å². The van der Waals surface area contributed by atoms with Gasteiger partial charge in [0.2, 0.25) is 35.6 Å². The molecule has 1 aliphatic heterocycles. The molecule has 19 nitrogen and oxygen atoms in total. The predicted molar refractivity (Wildman–Crippen MR) is 595 cm³/mol. The number of aromatic nitrogens is 11. The number of methoxy groups -OCH3 is 1. The van der Waals surface area contributed by atoms with Gasteiger partial charge < -0.3 is 41.2 Å². The zero-order chi connectivity index (χ0) is 99.8. The molecule has 1 amide bonds. The maximum atomic E-state index is 11.7. The molecule has 6 aromatic heterocycles. The molecule has 11 aromatic carbocycles. The van der Waals surface area contributed by atoms with E-state index in [4.69, 9.17) is 81.0 Å². The van der Waals surface area contributed by atoms with Crippen LogP contribution >= 0.6 is 46.4 Å². The predicted octanol–water partition coefficient (Wildman–Crippen LogP) is 28.4. The number of aromatic amines is 1. The maximum absolute atomic E-state index is 11.7. The average molecular weight is 2010 g/mol. The number of nitrogens with one attached hydrogen (secondary N) is 6. The summed E-state index contributed by atoms with van der Waals surface area (Å²) in [5.41, 5.74) is 33.5. The molecule has 0 spiro atoms. The number of aryl methyl sites for hydroxylation is 1. The number of halogens is 4. The highest BCUT2D eigenvalue weighted by molar-refractivity contribution is 6.32. The molecule has 17 aromatic rings. The topological polar surface area (TPSA) is 234 Å². The quantitative estimate of drug-likeness (QED) is 0.0244. The van der Waals surface area contributed by atoms with Crippen LogP contribution in [0.4, 0.5) is 29.7 Å². The summed E-state index contributed by atoms with van der Waals surface area (Å²) in [6, 6.07) is 93.4. The van der Waals surface area contributed by atoms with Crippen LogP contribution in [0.1, 0.15) is 209 Å². The summed E-state index contributed by atoms with van der Waals surface area (Å²) in [6.45, 7) is 11.0. The van der Waals surface area contributed by atoms with Crippen molar-refractivity contribution >= 4 is 93.0 Å². The van der Waals surface area contributed by atoms with Gasteiger partial charge in [0.1, 0.15) is 0 Å². The number of carbonyl (C=O) groups is 1. The van der Waals surface area contributed by atoms with Crippen molar-refractivity contribution in [3.05, 3.63) is 419 Å². The molecular weight excluding hydrogens is 1890 g/mol. The Labute approximate surface area is 875 Å². The van der Waals surface area contributed by atoms with Gasteiger partial charge in [-0.2, -0.15) is 0 Å². The molecule has 738 valence electrons. The first-order valence-corrected chi connectivity index (χ1v) is 53.1. The number of anilines is 5. The second-order valence-corrected chi connectivity index (χ2v) is 40.5. The lowest BCUT2D eigenvalue weighted by molar-refractivity contribution is -0.127. The van der Waals surface area contributed by atoms with E-state index in [1.165, 1.54) is 138 Å². The summed E-state index contributed by atoms with van der Waals surface area (Å²) in [7, 11) is 1.68. The number of benzene rings is 11. The van der Waals surface area contributed by atoms with E-state index < -0.39 is 0 Å². The number of hydrogen-bond donors (Lipinski definition) is 6. The molecule has 1 saturated heterocycles. The van der Waals surface area contributed by atoms with Crippen LogP contribution in [0.3, 0.4) is 0 Å². The minimum atomic E-state index is 0.192. The molecule has 0 bridgehead atoms. The van der Waals surface area contributed by atoms with Crippen LogP contribution in [0.2, 0.25) is 20.1 Å². The summed E-state index contributed by atoms with van der Waals surface area (Å²) in [6.07, 6.45) is 29.8. The molecular formula is C123H121Cl4N17O2. The molecule has 23 heteroatoms. The Morgan fingerprint density at radius 1 is 0.397 bits per heavy atom. The average Bonchev–Trinajstić information content (AvgIpc) is 0.949. The number of rotatable bonds is 24. The van der Waals surface area contributed by atoms with Crippen LogP contribution in [0.5, 0.6) is 0 Å². The summed E-state index contributed by atoms with van der Waals surface area (Å²) < 4.78 is 5.08. The zero-order valence-electron chi connectivity index (χ0n) is 82.9. The van der Waals surface area contributed by atoms with Gasteiger partial charge in [-0.05, 0) is 215 Å². The molecule has 7 aliphatic rings. The van der Waals surface area contributed by atoms with Gasteiger partial charge in [-0.3, -0.25) is 4.79 Å². The monoisotopic (exact) mass is 2010 g/mol. The summed E-state index contributed by atoms with van der Waals surface area (Å²) in [5, 5.41) is 21.5. The smallest absolute Gasteiger partial charge is 0.223 e. The van der Waals surface area contributed by atoms with Gasteiger partial charge in [0.15, 0.2) is 0 Å². The molecule has 6 aliphatic carbocycles. The number of likely N-dealkylation sites (tertiary alicyclic amines) is 1. The van der Waals surface area contributed by atoms with Crippen molar-refractivity contribution in [2.75, 3.05) is 73.0 Å². The van der Waals surface area contributed by atoms with Crippen LogP contribution in [0, 0.1) is 6.92 Å². The van der Waals surface area contributed by atoms with E-state index >= 15 is 0 Å². The standard InChI is InChI=1S/C29H25ClN4.C25H25ClN4O.C25H27N3.C23H24ClN3.C21H20ClN3O/c1-18-5-4-8-23-20(16-32-27(18)23)13-14-31-29-33-17-21-15-26(19-9-11-22(30)12-10-19)24-6-2-3-7-25(24)28(21)34-29;26-22-10-4-3-8-19(22)21-15-17-16-28-25(27-12-6-14-30-13-5-11-23(30)31)29-24(17)20-9-2-1-7-18(20)21;1-2-7-13-20(12-6-1)27-25-26-17-19-16-23(18-10-4-3-5-11-18)21-14-8-9-15-22(21)24(19)28-25;1-3-18(4-2)26-23-25-14-16-13-21(15-9-11-17(24)12-10-15)19-7-5-6-8-20(19)22(16)27-23;1-26-11-10-23-21-24-13-14-12-18(16-7-4-5-9-19(16)22)15-6-2-3-8-17(15)20(14)25-21/h2-12,16-17,26,32H,13-15H2,1H3,(H,31,33,34);1-4,7-10,16,21H,5-6,11-15H2,(H,27,28,29);3-5,8-11,14-15,17,20,23H,1-2,6-7,12-13,16H2,(H,26,27,28);5-12,14,18,21H,3-4,13H2,1-2H3,(H,25,26,27);2-9,13,18H,10-12H2,1H3,(H,23,24,25). The first-order valence-electron chi connectivity index (χ1n) is 51.6. The minimum Gasteiger partial charge on any atom is -0.383 e. The van der Waals surface area contributed by atoms with E-state index in [-0.39, 0.29) is 23.7 Å². The van der Waals surface area contributed by atoms with E-state index in [0.717, 1.165) is 184 Å². The van der Waals surface area contributed by atoms with Gasteiger partial charge in [0.05, 0.1) is 35.1 Å². The molecule has 24 rings (SSSR count). The maximum Gasteiger partial charge on any atom is 0.223 e. The Morgan fingerprint density at radius 2 is 0.781 bits per heavy atom. The molecule has 2 fully saturated rings. The number of amides is 1. The Morgan fingerprint density at radius 3 is 1.22 bits per heavy atom. The zero-order valence-corrected chi connectivity index (χ0v) is 85.9. The lowest BCUT2D eigenvalue weighted by Crippen LogP contribution is -2.27. The van der Waals surface area contributed by atoms with Crippen molar-refractivity contribution in [3.63, 3.8) is 0 Å². The van der Waals surface area contributed by atoms with Gasteiger partial charge in [0, 0.05) is 184 Å². The van der Waals surface area contributed by atoms with Crippen LogP contribution in [0.25, 0.3) is 67.2 Å². The third kappa shape index (κ3) is 22.8. The van der Waals surface area contributed by atoms with E-state index in [1.54, 1.807) is 7.11 Å². The van der Waals surface area contributed by atoms with Crippen molar-refractivity contribution in [2.24, 2.45) is 0 Å². The lowest BCUT2D eigenvalue weighted by atomic mass is 9.78. The van der Waals surface area contributed by atoms with E-state index in [0.29, 0.717) is 61.3 Å². The summed E-state index contributed by atoms with van der Waals surface area (Å²) in [4.78, 5) is 64.5. The van der Waals surface area contributed by atoms with Gasteiger partial charge in [-0.15, -0.1) is 0 Å². The van der Waals surface area contributed by atoms with E-state index in [2.05, 4.69) is 285 Å². The number of fused-ring (bicyclic) bond motifs is 16. The highest BCUT2D eigenvalue weighted by atomic mass is 35.5. The SMILES string of the molecule is CCC(CC)Nc1ncc2c(n1)-c1ccccc1C(c1ccc(Cl)cc1)C2.COCCNc1ncc2c(n1)-c1ccccc1C(c1ccccc1Cl)C2.Cc1cccc2c(CCNc3ncc4c(n3)-c3ccccc3C(c3ccc(Cl)cc3)C4)c[nH]c12.O=C1CCCN1CCCNc1ncc2c(n1)-c1ccccc1C(c1ccccc1Cl)C2.c1ccc(C2Cc3cnc(NC4CCCCCC4)nc3-c3ccccc32)cc1. The lowest BCUT2D eigenvalue weighted by Gasteiger charge is -2.28. The Balaban J connectivity index is 0.000000111. The number of para-hydroxylation sites is 1. The highest BCUT2D eigenvalue weighted by Crippen LogP contribution is 2.50. The number of hydrogen-bond acceptors (Lipinski definition) is 17. The first-order chi connectivity index (χ1) is 71.7. The normalized spacial score (nSPS) is 16.3. The Hall–Kier alpha value is -14.1. The van der Waals surface area contributed by atoms with Crippen molar-refractivity contribution in [2.45, 2.75) is 172 Å². The second-order valence-electron chi connectivity index (χ2n) is 38.8. The molecule has 0 radical (unpaired) electrons. The minimum absolute atomic E-state index is 0.192. The number of carbonyl (C=O) groups excluding carboxylic acids is 1. The van der Waals surface area contributed by atoms with Crippen LogP contribution in [-0.4, -0.2) is 124 Å². The van der Waals surface area contributed by atoms with Crippen molar-refractivity contribution in [1.82, 2.24) is 59.7 Å². The molecule has 7 heterocycles. The fraction of sp³-hybridized carbons (Fsp3) is 0.276. The molecule has 146 heavy (non-hydrogen) atoms. The van der Waals surface area contributed by atoms with Crippen molar-refractivity contribution < 1.29 is 9.53 Å². The second kappa shape index (κ2) is 47.0. The van der Waals surface area contributed by atoms with Gasteiger partial charge in [0.25, 0.3) is 0 Å². The summed E-state index contributed by atoms with van der Waals surface area (Å²) in [5.74, 6) is 5.07. The summed E-state index contributed by atoms with van der Waals surface area (Å²) >= 11 is 25.2. The van der Waals surface area contributed by atoms with Crippen LogP contribution in [-0.2, 0) is 48.1 Å². The first kappa shape index (κ1) is 99.3. The van der Waals surface area contributed by atoms with Crippen LogP contribution in [0.15, 0.2) is 304 Å². The number of ether oxygens (including phenoxy) is 1. The van der Waals surface area contributed by atoms with Gasteiger partial charge in [-0.1, -0.05) is 316 Å². The van der Waals surface area contributed by atoms with Crippen LogP contribution < -0.4 is 26.6 Å². The van der Waals surface area contributed by atoms with Crippen molar-refractivity contribution in [3.8, 4) is 56.3 Å². The Kier molecular flexibility index (Phi) is 32.0. The third-order valence-corrected chi connectivity index (χ3v) is 30.7.